The fourth-order valence-electron chi connectivity index (χ4n) is 1.51. The summed E-state index contributed by atoms with van der Waals surface area (Å²) in [6.45, 7) is 2.87. The van der Waals surface area contributed by atoms with Crippen LogP contribution in [0.1, 0.15) is 31.0 Å². The minimum absolute atomic E-state index is 0.0152. The molecule has 2 nitrogen and oxygen atoms in total. The molecule has 0 saturated carbocycles. The standard InChI is InChI=1S/C12H15F4NO/c1-11(2,6-18)10(17)7-3-8(12(14,15)16)5-9(13)4-7/h3-5,10,18H,6,17H2,1-2H3/t10-/m0/s1. The highest BCUT2D eigenvalue weighted by Crippen LogP contribution is 2.35. The van der Waals surface area contributed by atoms with Gasteiger partial charge in [0.1, 0.15) is 5.82 Å². The lowest BCUT2D eigenvalue weighted by molar-refractivity contribution is -0.137. The third-order valence-electron chi connectivity index (χ3n) is 2.86. The minimum Gasteiger partial charge on any atom is -0.396 e. The fourth-order valence-corrected chi connectivity index (χ4v) is 1.51. The van der Waals surface area contributed by atoms with E-state index >= 15 is 0 Å². The van der Waals surface area contributed by atoms with E-state index in [1.54, 1.807) is 13.8 Å². The van der Waals surface area contributed by atoms with E-state index in [9.17, 15) is 17.6 Å². The van der Waals surface area contributed by atoms with Gasteiger partial charge < -0.3 is 10.8 Å². The van der Waals surface area contributed by atoms with Crippen LogP contribution in [0.25, 0.3) is 0 Å². The molecule has 18 heavy (non-hydrogen) atoms. The van der Waals surface area contributed by atoms with Gasteiger partial charge in [-0.25, -0.2) is 4.39 Å². The van der Waals surface area contributed by atoms with E-state index in [0.717, 1.165) is 12.1 Å². The topological polar surface area (TPSA) is 46.2 Å². The largest absolute Gasteiger partial charge is 0.416 e. The molecule has 0 spiro atoms. The lowest BCUT2D eigenvalue weighted by Crippen LogP contribution is -2.32. The molecule has 0 saturated heterocycles. The van der Waals surface area contributed by atoms with Crippen LogP contribution < -0.4 is 5.73 Å². The van der Waals surface area contributed by atoms with Gasteiger partial charge in [-0.15, -0.1) is 0 Å². The molecule has 6 heteroatoms. The SMILES string of the molecule is CC(C)(CO)[C@@H](N)c1cc(F)cc(C(F)(F)F)c1. The van der Waals surface area contributed by atoms with Gasteiger partial charge >= 0.3 is 6.18 Å². The van der Waals surface area contributed by atoms with Crippen LogP contribution in [-0.4, -0.2) is 11.7 Å². The number of rotatable bonds is 3. The fraction of sp³-hybridized carbons (Fsp3) is 0.500. The molecule has 1 rings (SSSR count). The zero-order valence-corrected chi connectivity index (χ0v) is 10.1. The molecule has 0 fully saturated rings. The molecule has 0 aliphatic heterocycles. The molecule has 0 aliphatic carbocycles. The maximum absolute atomic E-state index is 13.2. The van der Waals surface area contributed by atoms with E-state index in [-0.39, 0.29) is 12.2 Å². The Labute approximate surface area is 102 Å². The predicted octanol–water partition coefficient (Wildman–Crippen LogP) is 2.86. The van der Waals surface area contributed by atoms with Crippen molar-refractivity contribution in [1.29, 1.82) is 0 Å². The number of hydrogen-bond acceptors (Lipinski definition) is 2. The monoisotopic (exact) mass is 265 g/mol. The second-order valence-electron chi connectivity index (χ2n) is 4.90. The lowest BCUT2D eigenvalue weighted by Gasteiger charge is -2.30. The maximum Gasteiger partial charge on any atom is 0.416 e. The molecule has 0 aliphatic rings. The molecule has 0 radical (unpaired) electrons. The average molecular weight is 265 g/mol. The van der Waals surface area contributed by atoms with E-state index in [0.29, 0.717) is 6.07 Å². The first-order valence-corrected chi connectivity index (χ1v) is 5.32. The molecule has 1 atom stereocenters. The highest BCUT2D eigenvalue weighted by molar-refractivity contribution is 5.30. The number of aliphatic hydroxyl groups excluding tert-OH is 1. The van der Waals surface area contributed by atoms with Gasteiger partial charge in [0.15, 0.2) is 0 Å². The van der Waals surface area contributed by atoms with Crippen molar-refractivity contribution in [2.24, 2.45) is 11.1 Å². The predicted molar refractivity (Wildman–Crippen MR) is 59.2 cm³/mol. The van der Waals surface area contributed by atoms with Gasteiger partial charge in [-0.2, -0.15) is 13.2 Å². The Bertz CT molecular complexity index is 429. The normalized spacial score (nSPS) is 14.7. The van der Waals surface area contributed by atoms with Gasteiger partial charge in [-0.1, -0.05) is 13.8 Å². The summed E-state index contributed by atoms with van der Waals surface area (Å²) < 4.78 is 50.8. The van der Waals surface area contributed by atoms with E-state index < -0.39 is 29.0 Å². The Morgan fingerprint density at radius 2 is 1.78 bits per heavy atom. The van der Waals surface area contributed by atoms with E-state index in [2.05, 4.69) is 0 Å². The summed E-state index contributed by atoms with van der Waals surface area (Å²) in [6.07, 6.45) is -4.63. The van der Waals surface area contributed by atoms with Gasteiger partial charge in [0.05, 0.1) is 5.56 Å². The van der Waals surface area contributed by atoms with Crippen LogP contribution in [0, 0.1) is 11.2 Å². The number of aliphatic hydroxyl groups is 1. The molecular formula is C12H15F4NO. The number of alkyl halides is 3. The molecule has 0 heterocycles. The van der Waals surface area contributed by atoms with Crippen molar-refractivity contribution in [2.45, 2.75) is 26.1 Å². The molecule has 0 unspecified atom stereocenters. The van der Waals surface area contributed by atoms with Gasteiger partial charge in [-0.05, 0) is 23.8 Å². The van der Waals surface area contributed by atoms with Crippen LogP contribution in [-0.2, 0) is 6.18 Å². The highest BCUT2D eigenvalue weighted by atomic mass is 19.4. The van der Waals surface area contributed by atoms with Crippen LogP contribution in [0.5, 0.6) is 0 Å². The zero-order valence-electron chi connectivity index (χ0n) is 10.1. The number of hydrogen-bond donors (Lipinski definition) is 2. The Hall–Kier alpha value is -1.14. The van der Waals surface area contributed by atoms with Crippen molar-refractivity contribution in [2.75, 3.05) is 6.61 Å². The van der Waals surface area contributed by atoms with E-state index in [1.165, 1.54) is 0 Å². The first-order valence-electron chi connectivity index (χ1n) is 5.32. The summed E-state index contributed by atoms with van der Waals surface area (Å²) in [4.78, 5) is 0. The zero-order chi connectivity index (χ0) is 14.1. The third-order valence-corrected chi connectivity index (χ3v) is 2.86. The molecule has 0 amide bonds. The van der Waals surface area contributed by atoms with Gasteiger partial charge in [0.2, 0.25) is 0 Å². The summed E-state index contributed by atoms with van der Waals surface area (Å²) in [5, 5.41) is 9.13. The molecule has 1 aromatic carbocycles. The molecule has 1 aromatic rings. The second-order valence-corrected chi connectivity index (χ2v) is 4.90. The van der Waals surface area contributed by atoms with Crippen LogP contribution in [0.2, 0.25) is 0 Å². The minimum atomic E-state index is -4.63. The second kappa shape index (κ2) is 4.85. The van der Waals surface area contributed by atoms with Gasteiger partial charge in [0, 0.05) is 18.1 Å². The Kier molecular flexibility index (Phi) is 4.02. The Balaban J connectivity index is 3.23. The average Bonchev–Trinajstić information content (AvgIpc) is 2.26. The van der Waals surface area contributed by atoms with Crippen molar-refractivity contribution in [3.8, 4) is 0 Å². The third kappa shape index (κ3) is 3.20. The molecule has 0 aromatic heterocycles. The van der Waals surface area contributed by atoms with E-state index in [4.69, 9.17) is 10.8 Å². The lowest BCUT2D eigenvalue weighted by atomic mass is 9.81. The summed E-state index contributed by atoms with van der Waals surface area (Å²) in [5.41, 5.74) is 3.87. The molecular weight excluding hydrogens is 250 g/mol. The van der Waals surface area contributed by atoms with Crippen LogP contribution in [0.15, 0.2) is 18.2 Å². The van der Waals surface area contributed by atoms with Crippen LogP contribution in [0.4, 0.5) is 17.6 Å². The van der Waals surface area contributed by atoms with Crippen LogP contribution in [0.3, 0.4) is 0 Å². The molecule has 102 valence electrons. The van der Waals surface area contributed by atoms with Crippen molar-refractivity contribution < 1.29 is 22.7 Å². The number of nitrogens with two attached hydrogens (primary N) is 1. The summed E-state index contributed by atoms with van der Waals surface area (Å²) in [7, 11) is 0. The number of benzene rings is 1. The first-order chi connectivity index (χ1) is 8.08. The Morgan fingerprint density at radius 1 is 1.22 bits per heavy atom. The van der Waals surface area contributed by atoms with Crippen molar-refractivity contribution in [1.82, 2.24) is 0 Å². The quantitative estimate of drug-likeness (QED) is 0.825. The van der Waals surface area contributed by atoms with Crippen molar-refractivity contribution >= 4 is 0 Å². The summed E-state index contributed by atoms with van der Waals surface area (Å²) in [6, 6.07) is 1.30. The van der Waals surface area contributed by atoms with Gasteiger partial charge in [0.25, 0.3) is 0 Å². The number of halogens is 4. The smallest absolute Gasteiger partial charge is 0.396 e. The van der Waals surface area contributed by atoms with Gasteiger partial charge in [-0.3, -0.25) is 0 Å². The Morgan fingerprint density at radius 3 is 2.22 bits per heavy atom. The molecule has 0 bridgehead atoms. The van der Waals surface area contributed by atoms with Crippen LogP contribution >= 0.6 is 0 Å². The highest BCUT2D eigenvalue weighted by Gasteiger charge is 2.34. The van der Waals surface area contributed by atoms with E-state index in [1.807, 2.05) is 0 Å². The van der Waals surface area contributed by atoms with Crippen molar-refractivity contribution in [3.63, 3.8) is 0 Å². The first kappa shape index (κ1) is 14.9. The summed E-state index contributed by atoms with van der Waals surface area (Å²) in [5.74, 6) is -0.996. The van der Waals surface area contributed by atoms with Crippen molar-refractivity contribution in [3.05, 3.63) is 35.1 Å². The molecule has 3 N–H and O–H groups in total. The maximum atomic E-state index is 13.2. The summed E-state index contributed by atoms with van der Waals surface area (Å²) >= 11 is 0.